The van der Waals surface area contributed by atoms with E-state index in [9.17, 15) is 9.90 Å². The van der Waals surface area contributed by atoms with Gasteiger partial charge in [0.1, 0.15) is 5.41 Å². The number of carboxylic acid groups (broad SMARTS) is 1. The highest BCUT2D eigenvalue weighted by Gasteiger charge is 2.44. The number of carboxylic acids is 1. The van der Waals surface area contributed by atoms with Crippen LogP contribution in [0.1, 0.15) is 30.6 Å². The first-order chi connectivity index (χ1) is 6.65. The van der Waals surface area contributed by atoms with Crippen LogP contribution in [0.2, 0.25) is 4.47 Å². The molecule has 3 nitrogen and oxygen atoms in total. The minimum absolute atomic E-state index is 0.424. The molecule has 0 amide bonds. The third kappa shape index (κ3) is 1.42. The second-order valence-corrected chi connectivity index (χ2v) is 5.18. The molecule has 1 N–H and O–H groups in total. The van der Waals surface area contributed by atoms with Crippen LogP contribution in [0.25, 0.3) is 0 Å². The number of aromatic nitrogens is 1. The van der Waals surface area contributed by atoms with Gasteiger partial charge in [0.05, 0.1) is 0 Å². The van der Waals surface area contributed by atoms with Crippen LogP contribution < -0.4 is 0 Å². The molecule has 0 aromatic carbocycles. The largest absolute Gasteiger partial charge is 0.481 e. The van der Waals surface area contributed by atoms with Crippen molar-refractivity contribution < 1.29 is 9.90 Å². The summed E-state index contributed by atoms with van der Waals surface area (Å²) in [6.07, 6.45) is 4.97. The van der Waals surface area contributed by atoms with Gasteiger partial charge in [-0.1, -0.05) is 24.4 Å². The fraction of sp³-hybridized carbons (Fsp3) is 0.556. The van der Waals surface area contributed by atoms with Crippen molar-refractivity contribution >= 4 is 28.9 Å². The number of nitrogens with zero attached hydrogens (tertiary/aromatic N) is 1. The number of hydrogen-bond donors (Lipinski definition) is 1. The number of hydrogen-bond acceptors (Lipinski definition) is 3. The van der Waals surface area contributed by atoms with Crippen molar-refractivity contribution in [1.82, 2.24) is 4.98 Å². The van der Waals surface area contributed by atoms with Gasteiger partial charge in [0.15, 0.2) is 4.47 Å². The number of aliphatic carboxylic acids is 1. The third-order valence-electron chi connectivity index (χ3n) is 2.82. The van der Waals surface area contributed by atoms with Crippen LogP contribution in [0.15, 0.2) is 6.20 Å². The van der Waals surface area contributed by atoms with Crippen molar-refractivity contribution in [1.29, 1.82) is 0 Å². The Bertz CT molecular complexity index is 357. The van der Waals surface area contributed by atoms with Gasteiger partial charge in [-0.25, -0.2) is 4.98 Å². The maximum Gasteiger partial charge on any atom is 0.315 e. The summed E-state index contributed by atoms with van der Waals surface area (Å²) in [5, 5.41) is 9.26. The summed E-state index contributed by atoms with van der Waals surface area (Å²) in [6.45, 7) is 0. The quantitative estimate of drug-likeness (QED) is 0.852. The van der Waals surface area contributed by atoms with Gasteiger partial charge >= 0.3 is 5.97 Å². The highest BCUT2D eigenvalue weighted by atomic mass is 35.5. The molecule has 1 saturated carbocycles. The molecule has 0 atom stereocenters. The van der Waals surface area contributed by atoms with Gasteiger partial charge in [-0.15, -0.1) is 11.3 Å². The highest BCUT2D eigenvalue weighted by Crippen LogP contribution is 2.44. The summed E-state index contributed by atoms with van der Waals surface area (Å²) in [5.41, 5.74) is -0.704. The lowest BCUT2D eigenvalue weighted by atomic mass is 9.85. The molecule has 0 saturated heterocycles. The topological polar surface area (TPSA) is 50.2 Å². The fourth-order valence-corrected chi connectivity index (χ4v) is 3.20. The lowest BCUT2D eigenvalue weighted by Gasteiger charge is -2.21. The SMILES string of the molecule is O=C(O)C1(c2cnc(Cl)s2)CCCC1. The Kier molecular flexibility index (Phi) is 2.49. The molecule has 1 fully saturated rings. The predicted octanol–water partition coefficient (Wildman–Crippen LogP) is 2.69. The smallest absolute Gasteiger partial charge is 0.315 e. The molecule has 5 heteroatoms. The van der Waals surface area contributed by atoms with Gasteiger partial charge in [-0.2, -0.15) is 0 Å². The van der Waals surface area contributed by atoms with Crippen LogP contribution in [0.3, 0.4) is 0 Å². The standard InChI is InChI=1S/C9H10ClNO2S/c10-8-11-5-6(14-8)9(7(12)13)3-1-2-4-9/h5H,1-4H2,(H,12,13). The van der Waals surface area contributed by atoms with E-state index in [2.05, 4.69) is 4.98 Å². The van der Waals surface area contributed by atoms with E-state index in [1.807, 2.05) is 0 Å². The summed E-state index contributed by atoms with van der Waals surface area (Å²) >= 11 is 7.01. The van der Waals surface area contributed by atoms with Crippen LogP contribution in [0, 0.1) is 0 Å². The van der Waals surface area contributed by atoms with Gasteiger partial charge in [-0.3, -0.25) is 4.79 Å². The third-order valence-corrected chi connectivity index (χ3v) is 4.13. The van der Waals surface area contributed by atoms with Crippen LogP contribution in [0.4, 0.5) is 0 Å². The molecule has 1 aliphatic rings. The molecule has 1 heterocycles. The first-order valence-electron chi connectivity index (χ1n) is 4.50. The number of thiazole rings is 1. The second kappa shape index (κ2) is 3.51. The Morgan fingerprint density at radius 1 is 1.57 bits per heavy atom. The van der Waals surface area contributed by atoms with E-state index in [0.29, 0.717) is 17.3 Å². The molecular weight excluding hydrogens is 222 g/mol. The Labute approximate surface area is 90.7 Å². The first kappa shape index (κ1) is 9.93. The Morgan fingerprint density at radius 2 is 2.21 bits per heavy atom. The second-order valence-electron chi connectivity index (χ2n) is 3.57. The minimum Gasteiger partial charge on any atom is -0.481 e. The van der Waals surface area contributed by atoms with E-state index in [0.717, 1.165) is 17.7 Å². The van der Waals surface area contributed by atoms with Gasteiger partial charge in [0, 0.05) is 11.1 Å². The average molecular weight is 232 g/mol. The van der Waals surface area contributed by atoms with Crippen molar-refractivity contribution in [3.05, 3.63) is 15.5 Å². The summed E-state index contributed by atoms with van der Waals surface area (Å²) in [4.78, 5) is 16.0. The molecule has 76 valence electrons. The molecule has 0 spiro atoms. The van der Waals surface area contributed by atoms with E-state index in [4.69, 9.17) is 11.6 Å². The fourth-order valence-electron chi connectivity index (χ4n) is 2.02. The van der Waals surface area contributed by atoms with E-state index in [-0.39, 0.29) is 0 Å². The van der Waals surface area contributed by atoms with Crippen molar-refractivity contribution in [2.45, 2.75) is 31.1 Å². The highest BCUT2D eigenvalue weighted by molar-refractivity contribution is 7.16. The molecule has 0 radical (unpaired) electrons. The maximum absolute atomic E-state index is 11.3. The number of halogens is 1. The average Bonchev–Trinajstić information content (AvgIpc) is 2.71. The summed E-state index contributed by atoms with van der Waals surface area (Å²) in [6, 6.07) is 0. The Balaban J connectivity index is 2.41. The Morgan fingerprint density at radius 3 is 2.64 bits per heavy atom. The van der Waals surface area contributed by atoms with Gasteiger partial charge < -0.3 is 5.11 Å². The molecule has 0 unspecified atom stereocenters. The summed E-state index contributed by atoms with van der Waals surface area (Å²) in [5.74, 6) is -0.740. The van der Waals surface area contributed by atoms with Gasteiger partial charge in [0.2, 0.25) is 0 Å². The molecular formula is C9H10ClNO2S. The molecule has 0 bridgehead atoms. The van der Waals surface area contributed by atoms with Gasteiger partial charge in [-0.05, 0) is 12.8 Å². The monoisotopic (exact) mass is 231 g/mol. The van der Waals surface area contributed by atoms with Crippen molar-refractivity contribution in [3.63, 3.8) is 0 Å². The van der Waals surface area contributed by atoms with Crippen LogP contribution >= 0.6 is 22.9 Å². The zero-order valence-electron chi connectivity index (χ0n) is 7.49. The van der Waals surface area contributed by atoms with Crippen molar-refractivity contribution in [3.8, 4) is 0 Å². The van der Waals surface area contributed by atoms with E-state index < -0.39 is 11.4 Å². The minimum atomic E-state index is -0.740. The zero-order chi connectivity index (χ0) is 10.2. The molecule has 14 heavy (non-hydrogen) atoms. The maximum atomic E-state index is 11.3. The Hall–Kier alpha value is -0.610. The van der Waals surface area contributed by atoms with Crippen LogP contribution in [-0.4, -0.2) is 16.1 Å². The van der Waals surface area contributed by atoms with Crippen LogP contribution in [0.5, 0.6) is 0 Å². The number of carbonyl (C=O) groups is 1. The molecule has 0 aliphatic heterocycles. The molecule has 1 aliphatic carbocycles. The summed E-state index contributed by atoms with van der Waals surface area (Å²) < 4.78 is 0.424. The van der Waals surface area contributed by atoms with Crippen LogP contribution in [-0.2, 0) is 10.2 Å². The van der Waals surface area contributed by atoms with Crippen molar-refractivity contribution in [2.24, 2.45) is 0 Å². The normalized spacial score (nSPS) is 19.8. The first-order valence-corrected chi connectivity index (χ1v) is 5.70. The number of rotatable bonds is 2. The lowest BCUT2D eigenvalue weighted by molar-refractivity contribution is -0.143. The van der Waals surface area contributed by atoms with E-state index >= 15 is 0 Å². The van der Waals surface area contributed by atoms with E-state index in [1.165, 1.54) is 11.3 Å². The van der Waals surface area contributed by atoms with Crippen molar-refractivity contribution in [2.75, 3.05) is 0 Å². The lowest BCUT2D eigenvalue weighted by Crippen LogP contribution is -2.31. The molecule has 1 aromatic rings. The van der Waals surface area contributed by atoms with E-state index in [1.54, 1.807) is 6.20 Å². The predicted molar refractivity (Wildman–Crippen MR) is 54.9 cm³/mol. The molecule has 2 rings (SSSR count). The molecule has 1 aromatic heterocycles. The van der Waals surface area contributed by atoms with Gasteiger partial charge in [0.25, 0.3) is 0 Å². The summed E-state index contributed by atoms with van der Waals surface area (Å²) in [7, 11) is 0. The zero-order valence-corrected chi connectivity index (χ0v) is 9.07.